The molecule has 1 rings (SSSR count). The van der Waals surface area contributed by atoms with Crippen molar-refractivity contribution in [1.29, 1.82) is 5.26 Å². The molecule has 0 unspecified atom stereocenters. The third-order valence-corrected chi connectivity index (χ3v) is 2.99. The zero-order valence-electron chi connectivity index (χ0n) is 6.85. The number of nitriles is 1. The lowest BCUT2D eigenvalue weighted by molar-refractivity contribution is 0.102. The highest BCUT2D eigenvalue weighted by molar-refractivity contribution is 14.1. The summed E-state index contributed by atoms with van der Waals surface area (Å²) < 4.78 is 13.3. The van der Waals surface area contributed by atoms with Crippen LogP contribution in [0.1, 0.15) is 15.9 Å². The van der Waals surface area contributed by atoms with Gasteiger partial charge in [-0.1, -0.05) is 0 Å². The number of benzene rings is 1. The van der Waals surface area contributed by atoms with Gasteiger partial charge in [0.1, 0.15) is 17.4 Å². The third-order valence-electron chi connectivity index (χ3n) is 1.62. The molecular weight excluding hydrogens is 319 g/mol. The summed E-state index contributed by atoms with van der Waals surface area (Å²) in [5, 5.41) is 8.64. The molecule has 0 aliphatic carbocycles. The number of ketones is 1. The lowest BCUT2D eigenvalue weighted by Gasteiger charge is -2.03. The predicted molar refractivity (Wildman–Crippen MR) is 58.9 cm³/mol. The first-order valence-corrected chi connectivity index (χ1v) is 5.20. The molecule has 1 aromatic carbocycles. The average Bonchev–Trinajstić information content (AvgIpc) is 2.18. The van der Waals surface area contributed by atoms with E-state index in [0.29, 0.717) is 9.13 Å². The van der Waals surface area contributed by atoms with Crippen molar-refractivity contribution in [2.75, 3.05) is 5.88 Å². The summed E-state index contributed by atoms with van der Waals surface area (Å²) in [5.41, 5.74) is 0.181. The molecule has 2 nitrogen and oxygen atoms in total. The SMILES string of the molecule is N#Cc1c(F)ccc(C(=O)CCl)c1I. The van der Waals surface area contributed by atoms with Crippen molar-refractivity contribution >= 4 is 40.0 Å². The van der Waals surface area contributed by atoms with Crippen molar-refractivity contribution in [1.82, 2.24) is 0 Å². The van der Waals surface area contributed by atoms with E-state index in [2.05, 4.69) is 0 Å². The van der Waals surface area contributed by atoms with Gasteiger partial charge in [-0.3, -0.25) is 4.79 Å². The van der Waals surface area contributed by atoms with Gasteiger partial charge in [-0.25, -0.2) is 4.39 Å². The van der Waals surface area contributed by atoms with E-state index in [-0.39, 0.29) is 17.2 Å². The minimum atomic E-state index is -0.622. The monoisotopic (exact) mass is 323 g/mol. The van der Waals surface area contributed by atoms with E-state index in [9.17, 15) is 9.18 Å². The van der Waals surface area contributed by atoms with E-state index in [4.69, 9.17) is 16.9 Å². The molecule has 72 valence electrons. The van der Waals surface area contributed by atoms with Crippen molar-refractivity contribution in [3.8, 4) is 6.07 Å². The fourth-order valence-electron chi connectivity index (χ4n) is 0.942. The standard InChI is InChI=1S/C9H4ClFINO/c10-3-8(14)5-1-2-7(11)6(4-13)9(5)12/h1-2H,3H2. The van der Waals surface area contributed by atoms with Crippen molar-refractivity contribution in [3.05, 3.63) is 32.6 Å². The van der Waals surface area contributed by atoms with Gasteiger partial charge in [0.05, 0.1) is 5.88 Å². The summed E-state index contributed by atoms with van der Waals surface area (Å²) in [6.45, 7) is 0. The van der Waals surface area contributed by atoms with Gasteiger partial charge >= 0.3 is 0 Å². The third kappa shape index (κ3) is 2.04. The molecule has 14 heavy (non-hydrogen) atoms. The molecule has 0 saturated heterocycles. The fourth-order valence-corrected chi connectivity index (χ4v) is 1.95. The smallest absolute Gasteiger partial charge is 0.178 e. The highest BCUT2D eigenvalue weighted by atomic mass is 127. The Bertz CT molecular complexity index is 428. The Labute approximate surface area is 98.8 Å². The van der Waals surface area contributed by atoms with Gasteiger partial charge in [-0.2, -0.15) is 5.26 Å². The molecule has 0 N–H and O–H groups in total. The second-order valence-corrected chi connectivity index (χ2v) is 3.80. The van der Waals surface area contributed by atoms with Gasteiger partial charge in [0.15, 0.2) is 5.78 Å². The summed E-state index contributed by atoms with van der Waals surface area (Å²) in [4.78, 5) is 11.2. The van der Waals surface area contributed by atoms with Crippen molar-refractivity contribution in [2.45, 2.75) is 0 Å². The van der Waals surface area contributed by atoms with Gasteiger partial charge in [0, 0.05) is 9.13 Å². The lowest BCUT2D eigenvalue weighted by Crippen LogP contribution is -2.05. The molecule has 0 atom stereocenters. The number of halogens is 3. The number of alkyl halides is 1. The second kappa shape index (κ2) is 4.71. The lowest BCUT2D eigenvalue weighted by atomic mass is 10.1. The number of hydrogen-bond acceptors (Lipinski definition) is 2. The maximum atomic E-state index is 13.0. The van der Waals surface area contributed by atoms with Crippen LogP contribution in [-0.4, -0.2) is 11.7 Å². The highest BCUT2D eigenvalue weighted by Crippen LogP contribution is 2.20. The molecule has 0 aliphatic rings. The summed E-state index contributed by atoms with van der Waals surface area (Å²) in [7, 11) is 0. The summed E-state index contributed by atoms with van der Waals surface area (Å²) in [6.07, 6.45) is 0. The highest BCUT2D eigenvalue weighted by Gasteiger charge is 2.15. The molecule has 0 saturated carbocycles. The number of rotatable bonds is 2. The minimum Gasteiger partial charge on any atom is -0.293 e. The molecule has 0 heterocycles. The minimum absolute atomic E-state index is 0.110. The Kier molecular flexibility index (Phi) is 3.84. The molecule has 0 amide bonds. The fraction of sp³-hybridized carbons (Fsp3) is 0.111. The van der Waals surface area contributed by atoms with E-state index in [1.807, 2.05) is 0 Å². The van der Waals surface area contributed by atoms with Crippen LogP contribution < -0.4 is 0 Å². The molecule has 0 fully saturated rings. The first-order valence-electron chi connectivity index (χ1n) is 3.59. The normalized spacial score (nSPS) is 9.57. The van der Waals surface area contributed by atoms with Gasteiger partial charge < -0.3 is 0 Å². The maximum Gasteiger partial charge on any atom is 0.178 e. The molecule has 0 spiro atoms. The predicted octanol–water partition coefficient (Wildman–Crippen LogP) is 2.72. The van der Waals surface area contributed by atoms with Crippen LogP contribution in [0.5, 0.6) is 0 Å². The average molecular weight is 323 g/mol. The van der Waals surface area contributed by atoms with Crippen LogP contribution in [0.15, 0.2) is 12.1 Å². The van der Waals surface area contributed by atoms with Crippen LogP contribution in [-0.2, 0) is 0 Å². The Morgan fingerprint density at radius 2 is 2.29 bits per heavy atom. The number of Topliss-reactive ketones (excluding diaryl/α,β-unsaturated/α-hetero) is 1. The van der Waals surface area contributed by atoms with E-state index in [1.165, 1.54) is 6.07 Å². The summed E-state index contributed by atoms with van der Waals surface area (Å²) >= 11 is 7.13. The summed E-state index contributed by atoms with van der Waals surface area (Å²) in [5.74, 6) is -1.11. The molecule has 0 aromatic heterocycles. The second-order valence-electron chi connectivity index (χ2n) is 2.45. The van der Waals surface area contributed by atoms with Crippen LogP contribution in [0.25, 0.3) is 0 Å². The van der Waals surface area contributed by atoms with E-state index < -0.39 is 5.82 Å². The molecule has 5 heteroatoms. The largest absolute Gasteiger partial charge is 0.293 e. The first kappa shape index (κ1) is 11.4. The Balaban J connectivity index is 3.37. The van der Waals surface area contributed by atoms with Crippen LogP contribution >= 0.6 is 34.2 Å². The quantitative estimate of drug-likeness (QED) is 0.477. The van der Waals surface area contributed by atoms with Gasteiger partial charge in [-0.15, -0.1) is 11.6 Å². The molecule has 0 aliphatic heterocycles. The van der Waals surface area contributed by atoms with Crippen LogP contribution in [0.3, 0.4) is 0 Å². The van der Waals surface area contributed by atoms with E-state index in [0.717, 1.165) is 6.07 Å². The summed E-state index contributed by atoms with van der Waals surface area (Å²) in [6, 6.07) is 4.14. The molecular formula is C9H4ClFINO. The first-order chi connectivity index (χ1) is 6.61. The Morgan fingerprint density at radius 3 is 2.79 bits per heavy atom. The van der Waals surface area contributed by atoms with Gasteiger partial charge in [0.2, 0.25) is 0 Å². The van der Waals surface area contributed by atoms with Crippen molar-refractivity contribution in [2.24, 2.45) is 0 Å². The van der Waals surface area contributed by atoms with E-state index in [1.54, 1.807) is 28.7 Å². The van der Waals surface area contributed by atoms with Crippen LogP contribution in [0.2, 0.25) is 0 Å². The number of carbonyl (C=O) groups is 1. The maximum absolute atomic E-state index is 13.0. The zero-order valence-corrected chi connectivity index (χ0v) is 9.76. The Morgan fingerprint density at radius 1 is 1.64 bits per heavy atom. The van der Waals surface area contributed by atoms with Gasteiger partial charge in [-0.05, 0) is 34.7 Å². The van der Waals surface area contributed by atoms with Crippen molar-refractivity contribution in [3.63, 3.8) is 0 Å². The zero-order chi connectivity index (χ0) is 10.7. The molecule has 0 bridgehead atoms. The van der Waals surface area contributed by atoms with E-state index >= 15 is 0 Å². The van der Waals surface area contributed by atoms with Crippen molar-refractivity contribution < 1.29 is 9.18 Å². The topological polar surface area (TPSA) is 40.9 Å². The Hall–Kier alpha value is -0.670. The number of carbonyl (C=O) groups excluding carboxylic acids is 1. The number of hydrogen-bond donors (Lipinski definition) is 0. The van der Waals surface area contributed by atoms with Crippen LogP contribution in [0, 0.1) is 20.7 Å². The molecule has 1 aromatic rings. The molecule has 0 radical (unpaired) electrons. The van der Waals surface area contributed by atoms with Crippen LogP contribution in [0.4, 0.5) is 4.39 Å². The van der Waals surface area contributed by atoms with Gasteiger partial charge in [0.25, 0.3) is 0 Å². The number of nitrogens with zero attached hydrogens (tertiary/aromatic N) is 1.